The van der Waals surface area contributed by atoms with Gasteiger partial charge < -0.3 is 23.9 Å². The molecular weight excluding hydrogens is 345 g/mol. The van der Waals surface area contributed by atoms with Gasteiger partial charge in [-0.1, -0.05) is 35.1 Å². The minimum atomic E-state index is -1.60. The van der Waals surface area contributed by atoms with E-state index in [0.717, 1.165) is 52.4 Å². The molecule has 0 bridgehead atoms. The molecule has 1 heterocycles. The van der Waals surface area contributed by atoms with Crippen LogP contribution in [0.1, 0.15) is 0 Å². The summed E-state index contributed by atoms with van der Waals surface area (Å²) in [6.07, 6.45) is 0. The summed E-state index contributed by atoms with van der Waals surface area (Å²) in [7, 11) is 4.29. The molecule has 0 aromatic carbocycles. The van der Waals surface area contributed by atoms with Crippen LogP contribution in [-0.2, 0) is 0 Å². The molecule has 1 fully saturated rings. The first kappa shape index (κ1) is 24.9. The number of rotatable bonds is 3. The molecule has 1 aliphatic heterocycles. The first-order chi connectivity index (χ1) is 10.2. The molecule has 0 atom stereocenters. The van der Waals surface area contributed by atoms with E-state index in [2.05, 4.69) is 66.6 Å². The van der Waals surface area contributed by atoms with E-state index in [1.807, 2.05) is 0 Å². The van der Waals surface area contributed by atoms with Crippen molar-refractivity contribution in [3.8, 4) is 0 Å². The van der Waals surface area contributed by atoms with E-state index in [9.17, 15) is 0 Å². The minimum Gasteiger partial charge on any atom is -0.657 e. The topological polar surface area (TPSA) is 27.1 Å². The van der Waals surface area contributed by atoms with Crippen molar-refractivity contribution in [1.82, 2.24) is 19.3 Å². The van der Waals surface area contributed by atoms with Gasteiger partial charge in [-0.25, -0.2) is 0 Å². The van der Waals surface area contributed by atoms with Crippen LogP contribution >= 0.6 is 0 Å². The van der Waals surface area contributed by atoms with Gasteiger partial charge in [-0.2, -0.15) is 0 Å². The van der Waals surface area contributed by atoms with Crippen LogP contribution in [0.25, 0.3) is 4.65 Å². The van der Waals surface area contributed by atoms with E-state index in [1.165, 1.54) is 0 Å². The molecule has 0 aromatic heterocycles. The maximum Gasteiger partial charge on any atom is 1.00 e. The fourth-order valence-corrected chi connectivity index (χ4v) is 9.98. The Morgan fingerprint density at radius 2 is 1.00 bits per heavy atom. The van der Waals surface area contributed by atoms with Crippen molar-refractivity contribution in [2.75, 3.05) is 73.5 Å². The number of nitrogens with zero attached hydrogens (tertiary/aromatic N) is 5. The molecule has 0 radical (unpaired) electrons. The van der Waals surface area contributed by atoms with Gasteiger partial charge >= 0.3 is 51.4 Å². The molecule has 0 amide bonds. The molecule has 0 saturated carbocycles. The van der Waals surface area contributed by atoms with Gasteiger partial charge in [0.1, 0.15) is 0 Å². The van der Waals surface area contributed by atoms with E-state index in [1.54, 1.807) is 0 Å². The Hall–Kier alpha value is 1.87. The SMILES string of the molecule is CN1CCN(C)CCN([Si](C)(C)[N-][SiH](C)C)CCN(C)CC1.[K+]. The van der Waals surface area contributed by atoms with Gasteiger partial charge in [0.25, 0.3) is 0 Å². The second-order valence-corrected chi connectivity index (χ2v) is 14.5. The predicted molar refractivity (Wildman–Crippen MR) is 104 cm³/mol. The van der Waals surface area contributed by atoms with Crippen molar-refractivity contribution < 1.29 is 51.4 Å². The summed E-state index contributed by atoms with van der Waals surface area (Å²) in [5.41, 5.74) is 0. The van der Waals surface area contributed by atoms with Crippen molar-refractivity contribution >= 4 is 17.4 Å². The molecule has 0 unspecified atom stereocenters. The van der Waals surface area contributed by atoms with Gasteiger partial charge in [0.15, 0.2) is 0 Å². The zero-order chi connectivity index (χ0) is 16.8. The van der Waals surface area contributed by atoms with Gasteiger partial charge in [0.2, 0.25) is 0 Å². The summed E-state index contributed by atoms with van der Waals surface area (Å²) >= 11 is 0. The second-order valence-electron chi connectivity index (χ2n) is 7.61. The van der Waals surface area contributed by atoms with E-state index >= 15 is 0 Å². The fourth-order valence-electron chi connectivity index (χ4n) is 2.97. The molecule has 23 heavy (non-hydrogen) atoms. The summed E-state index contributed by atoms with van der Waals surface area (Å²) in [5.74, 6) is 0. The van der Waals surface area contributed by atoms with Crippen LogP contribution < -0.4 is 51.4 Å². The zero-order valence-corrected chi connectivity index (χ0v) is 22.2. The first-order valence-corrected chi connectivity index (χ1v) is 14.5. The summed E-state index contributed by atoms with van der Waals surface area (Å²) in [6.45, 7) is 18.8. The molecular formula is C15H38KN5Si2. The third kappa shape index (κ3) is 10.6. The Kier molecular flexibility index (Phi) is 13.3. The summed E-state index contributed by atoms with van der Waals surface area (Å²) in [4.78, 5) is 7.41. The zero-order valence-electron chi connectivity index (χ0n) is 17.0. The van der Waals surface area contributed by atoms with Crippen LogP contribution in [0.15, 0.2) is 0 Å². The Balaban J connectivity index is 0.00000484. The molecule has 1 rings (SSSR count). The quantitative estimate of drug-likeness (QED) is 0.535. The van der Waals surface area contributed by atoms with Crippen LogP contribution in [0, 0.1) is 0 Å². The first-order valence-electron chi connectivity index (χ1n) is 8.73. The molecule has 0 aliphatic carbocycles. The molecule has 5 nitrogen and oxygen atoms in total. The van der Waals surface area contributed by atoms with Crippen molar-refractivity contribution in [3.05, 3.63) is 4.65 Å². The Labute approximate surface area is 190 Å². The molecule has 132 valence electrons. The third-order valence-corrected chi connectivity index (χ3v) is 11.2. The molecule has 8 heteroatoms. The Bertz CT molecular complexity index is 302. The van der Waals surface area contributed by atoms with Crippen LogP contribution in [0.2, 0.25) is 26.2 Å². The maximum atomic E-state index is 5.22. The Morgan fingerprint density at radius 1 is 0.696 bits per heavy atom. The van der Waals surface area contributed by atoms with Crippen LogP contribution in [0.3, 0.4) is 0 Å². The van der Waals surface area contributed by atoms with Crippen LogP contribution in [0.4, 0.5) is 0 Å². The van der Waals surface area contributed by atoms with Gasteiger partial charge in [0.05, 0.1) is 0 Å². The smallest absolute Gasteiger partial charge is 0.657 e. The molecule has 1 aliphatic rings. The van der Waals surface area contributed by atoms with Gasteiger partial charge in [-0.05, 0) is 21.1 Å². The van der Waals surface area contributed by atoms with Crippen molar-refractivity contribution in [2.24, 2.45) is 0 Å². The molecule has 1 saturated heterocycles. The maximum absolute atomic E-state index is 5.22. The summed E-state index contributed by atoms with van der Waals surface area (Å²) in [5, 5.41) is 0. The van der Waals surface area contributed by atoms with Crippen molar-refractivity contribution in [2.45, 2.75) is 26.2 Å². The molecule has 0 spiro atoms. The van der Waals surface area contributed by atoms with Crippen LogP contribution in [-0.4, -0.2) is 110 Å². The summed E-state index contributed by atoms with van der Waals surface area (Å²) in [6, 6.07) is 0. The normalized spacial score (nSPS) is 22.4. The molecule has 0 aromatic rings. The standard InChI is InChI=1S/C15H38N5Si2.K/c1-17-8-10-18(2)12-14-20(15-13-19(3)11-9-17)22(6,7)16-21(4)5;/h21H,8-15H2,1-7H3;/q-1;+1. The largest absolute Gasteiger partial charge is 1.00 e. The van der Waals surface area contributed by atoms with E-state index < -0.39 is 17.4 Å². The fraction of sp³-hybridized carbons (Fsp3) is 1.00. The average molecular weight is 384 g/mol. The van der Waals surface area contributed by atoms with Crippen molar-refractivity contribution in [3.63, 3.8) is 0 Å². The average Bonchev–Trinajstić information content (AvgIpc) is 2.39. The monoisotopic (exact) mass is 383 g/mol. The van der Waals surface area contributed by atoms with Gasteiger partial charge in [-0.3, -0.25) is 0 Å². The third-order valence-electron chi connectivity index (χ3n) is 4.58. The van der Waals surface area contributed by atoms with Crippen LogP contribution in [0.5, 0.6) is 0 Å². The van der Waals surface area contributed by atoms with Gasteiger partial charge in [-0.15, -0.1) is 0 Å². The number of likely N-dealkylation sites (N-methyl/N-ethyl adjacent to an activating group) is 3. The predicted octanol–water partition coefficient (Wildman–Crippen LogP) is -1.84. The van der Waals surface area contributed by atoms with E-state index in [4.69, 9.17) is 4.65 Å². The Morgan fingerprint density at radius 3 is 1.30 bits per heavy atom. The van der Waals surface area contributed by atoms with Crippen molar-refractivity contribution in [1.29, 1.82) is 0 Å². The molecule has 0 N–H and O–H groups in total. The van der Waals surface area contributed by atoms with Gasteiger partial charge in [0, 0.05) is 60.8 Å². The second kappa shape index (κ2) is 12.3. The van der Waals surface area contributed by atoms with E-state index in [-0.39, 0.29) is 51.4 Å². The number of hydrogen-bond acceptors (Lipinski definition) is 4. The minimum absolute atomic E-state index is 0. The summed E-state index contributed by atoms with van der Waals surface area (Å²) < 4.78 is 7.94. The van der Waals surface area contributed by atoms with E-state index in [0.29, 0.717) is 0 Å². The number of hydrogen-bond donors (Lipinski definition) is 0.